The van der Waals surface area contributed by atoms with Gasteiger partial charge < -0.3 is 9.84 Å². The van der Waals surface area contributed by atoms with E-state index in [4.69, 9.17) is 4.52 Å². The molecule has 1 aromatic heterocycles. The van der Waals surface area contributed by atoms with Crippen LogP contribution in [0.25, 0.3) is 0 Å². The number of anilines is 1. The molecule has 0 saturated carbocycles. The molecule has 1 aromatic carbocycles. The van der Waals surface area contributed by atoms with E-state index in [1.54, 1.807) is 24.3 Å². The second-order valence-corrected chi connectivity index (χ2v) is 10.6. The zero-order valence-corrected chi connectivity index (χ0v) is 18.7. The minimum absolute atomic E-state index is 0.141. The van der Waals surface area contributed by atoms with Crippen LogP contribution in [0, 0.1) is 0 Å². The average Bonchev–Trinajstić information content (AvgIpc) is 3.18. The van der Waals surface area contributed by atoms with E-state index in [0.717, 1.165) is 19.3 Å². The lowest BCUT2D eigenvalue weighted by Gasteiger charge is -2.25. The van der Waals surface area contributed by atoms with Crippen LogP contribution in [0.5, 0.6) is 0 Å². The van der Waals surface area contributed by atoms with E-state index in [-0.39, 0.29) is 16.2 Å². The zero-order valence-electron chi connectivity index (χ0n) is 17.8. The summed E-state index contributed by atoms with van der Waals surface area (Å²) in [7, 11) is -3.46. The van der Waals surface area contributed by atoms with Crippen LogP contribution in [0.4, 0.5) is 5.69 Å². The average molecular weight is 435 g/mol. The molecule has 1 saturated heterocycles. The van der Waals surface area contributed by atoms with Crippen molar-refractivity contribution in [3.05, 3.63) is 36.0 Å². The van der Waals surface area contributed by atoms with Crippen LogP contribution in [0.15, 0.2) is 33.7 Å². The van der Waals surface area contributed by atoms with Gasteiger partial charge in [0.2, 0.25) is 21.8 Å². The van der Waals surface area contributed by atoms with Gasteiger partial charge in [-0.2, -0.15) is 9.29 Å². The fraction of sp³-hybridized carbons (Fsp3) is 0.571. The summed E-state index contributed by atoms with van der Waals surface area (Å²) in [6.45, 7) is 7.17. The van der Waals surface area contributed by atoms with Crippen molar-refractivity contribution in [1.82, 2.24) is 14.4 Å². The van der Waals surface area contributed by atoms with Crippen LogP contribution >= 0.6 is 0 Å². The Kier molecular flexibility index (Phi) is 6.92. The fourth-order valence-electron chi connectivity index (χ4n) is 3.25. The molecule has 9 heteroatoms. The van der Waals surface area contributed by atoms with Gasteiger partial charge >= 0.3 is 0 Å². The molecule has 0 unspecified atom stereocenters. The van der Waals surface area contributed by atoms with Crippen LogP contribution in [-0.2, 0) is 26.7 Å². The van der Waals surface area contributed by atoms with Gasteiger partial charge in [-0.15, -0.1) is 0 Å². The second-order valence-electron chi connectivity index (χ2n) is 8.65. The molecule has 1 fully saturated rings. The third-order valence-corrected chi connectivity index (χ3v) is 6.94. The van der Waals surface area contributed by atoms with E-state index in [2.05, 4.69) is 15.5 Å². The molecule has 2 aromatic rings. The summed E-state index contributed by atoms with van der Waals surface area (Å²) in [6, 6.07) is 6.35. The highest BCUT2D eigenvalue weighted by atomic mass is 32.2. The Morgan fingerprint density at radius 1 is 1.13 bits per heavy atom. The van der Waals surface area contributed by atoms with E-state index in [0.29, 0.717) is 49.8 Å². The summed E-state index contributed by atoms with van der Waals surface area (Å²) in [6.07, 6.45) is 4.29. The number of sulfonamides is 1. The largest absolute Gasteiger partial charge is 0.339 e. The van der Waals surface area contributed by atoms with E-state index in [1.807, 2.05) is 20.8 Å². The smallest absolute Gasteiger partial charge is 0.243 e. The number of nitrogens with one attached hydrogen (secondary N) is 1. The number of carbonyl (C=O) groups is 1. The van der Waals surface area contributed by atoms with Crippen molar-refractivity contribution in [3.63, 3.8) is 0 Å². The number of piperidine rings is 1. The molecular formula is C21H30N4O4S. The minimum Gasteiger partial charge on any atom is -0.339 e. The maximum absolute atomic E-state index is 12.7. The number of benzene rings is 1. The summed E-state index contributed by atoms with van der Waals surface area (Å²) in [4.78, 5) is 16.8. The maximum atomic E-state index is 12.7. The number of rotatable bonds is 7. The van der Waals surface area contributed by atoms with Gasteiger partial charge in [-0.1, -0.05) is 32.3 Å². The van der Waals surface area contributed by atoms with Gasteiger partial charge in [-0.05, 0) is 43.5 Å². The fourth-order valence-corrected chi connectivity index (χ4v) is 4.77. The maximum Gasteiger partial charge on any atom is 0.243 e. The molecule has 1 amide bonds. The van der Waals surface area contributed by atoms with Crippen LogP contribution < -0.4 is 5.32 Å². The Labute approximate surface area is 178 Å². The highest BCUT2D eigenvalue weighted by Crippen LogP contribution is 2.22. The first-order chi connectivity index (χ1) is 14.2. The van der Waals surface area contributed by atoms with E-state index in [1.165, 1.54) is 4.31 Å². The van der Waals surface area contributed by atoms with E-state index >= 15 is 0 Å². The summed E-state index contributed by atoms with van der Waals surface area (Å²) in [5, 5.41) is 6.78. The van der Waals surface area contributed by atoms with Gasteiger partial charge in [-0.3, -0.25) is 4.79 Å². The lowest BCUT2D eigenvalue weighted by Crippen LogP contribution is -2.35. The van der Waals surface area contributed by atoms with Crippen LogP contribution in [0.3, 0.4) is 0 Å². The van der Waals surface area contributed by atoms with E-state index in [9.17, 15) is 13.2 Å². The standard InChI is InChI=1S/C21H30N4O4S/c1-21(2,3)20-23-19(29-24-20)9-7-8-18(26)22-16-10-12-17(13-11-16)30(27,28)25-14-5-4-6-15-25/h10-13H,4-9,14-15H2,1-3H3,(H,22,26). The lowest BCUT2D eigenvalue weighted by atomic mass is 9.96. The number of nitrogens with zero attached hydrogens (tertiary/aromatic N) is 3. The molecule has 3 rings (SSSR count). The van der Waals surface area contributed by atoms with Crippen LogP contribution in [-0.4, -0.2) is 41.9 Å². The molecule has 0 radical (unpaired) electrons. The van der Waals surface area contributed by atoms with Gasteiger partial charge in [0.1, 0.15) is 0 Å². The van der Waals surface area contributed by atoms with Crippen molar-refractivity contribution in [2.45, 2.75) is 69.6 Å². The van der Waals surface area contributed by atoms with Gasteiger partial charge in [0.05, 0.1) is 4.90 Å². The SMILES string of the molecule is CC(C)(C)c1noc(CCCC(=O)Nc2ccc(S(=O)(=O)N3CCCCC3)cc2)n1. The summed E-state index contributed by atoms with van der Waals surface area (Å²) < 4.78 is 32.1. The monoisotopic (exact) mass is 434 g/mol. The first-order valence-corrected chi connectivity index (χ1v) is 11.8. The van der Waals surface area contributed by atoms with E-state index < -0.39 is 10.0 Å². The lowest BCUT2D eigenvalue weighted by molar-refractivity contribution is -0.116. The number of aryl methyl sites for hydroxylation is 1. The minimum atomic E-state index is -3.46. The Hall–Kier alpha value is -2.26. The summed E-state index contributed by atoms with van der Waals surface area (Å²) >= 11 is 0. The van der Waals surface area contributed by atoms with Crippen molar-refractivity contribution in [2.24, 2.45) is 0 Å². The van der Waals surface area contributed by atoms with Crippen molar-refractivity contribution in [1.29, 1.82) is 0 Å². The molecular weight excluding hydrogens is 404 g/mol. The number of amides is 1. The molecule has 1 aliphatic rings. The van der Waals surface area contributed by atoms with Crippen molar-refractivity contribution < 1.29 is 17.7 Å². The molecule has 0 aliphatic carbocycles. The van der Waals surface area contributed by atoms with Gasteiger partial charge in [0.25, 0.3) is 0 Å². The number of hydrogen-bond donors (Lipinski definition) is 1. The van der Waals surface area contributed by atoms with Crippen molar-refractivity contribution >= 4 is 21.6 Å². The molecule has 0 bridgehead atoms. The molecule has 8 nitrogen and oxygen atoms in total. The highest BCUT2D eigenvalue weighted by Gasteiger charge is 2.25. The molecule has 1 N–H and O–H groups in total. The quantitative estimate of drug-likeness (QED) is 0.715. The third kappa shape index (κ3) is 5.66. The third-order valence-electron chi connectivity index (χ3n) is 5.02. The Morgan fingerprint density at radius 2 is 1.80 bits per heavy atom. The van der Waals surface area contributed by atoms with Crippen molar-refractivity contribution in [3.8, 4) is 0 Å². The Balaban J connectivity index is 1.49. The predicted molar refractivity (Wildman–Crippen MR) is 114 cm³/mol. The van der Waals surface area contributed by atoms with Gasteiger partial charge in [-0.25, -0.2) is 8.42 Å². The summed E-state index contributed by atoms with van der Waals surface area (Å²) in [5.74, 6) is 1.04. The number of aromatic nitrogens is 2. The molecule has 164 valence electrons. The molecule has 0 atom stereocenters. The molecule has 1 aliphatic heterocycles. The second kappa shape index (κ2) is 9.26. The van der Waals surface area contributed by atoms with Crippen LogP contribution in [0.1, 0.15) is 64.6 Å². The predicted octanol–water partition coefficient (Wildman–Crippen LogP) is 3.50. The molecule has 0 spiro atoms. The first-order valence-electron chi connectivity index (χ1n) is 10.4. The topological polar surface area (TPSA) is 105 Å². The number of hydrogen-bond acceptors (Lipinski definition) is 6. The number of carbonyl (C=O) groups excluding carboxylic acids is 1. The van der Waals surface area contributed by atoms with Crippen LogP contribution in [0.2, 0.25) is 0 Å². The normalized spacial score (nSPS) is 15.8. The highest BCUT2D eigenvalue weighted by molar-refractivity contribution is 7.89. The Morgan fingerprint density at radius 3 is 2.40 bits per heavy atom. The van der Waals surface area contributed by atoms with Crippen molar-refractivity contribution in [2.75, 3.05) is 18.4 Å². The van der Waals surface area contributed by atoms with Gasteiger partial charge in [0.15, 0.2) is 5.82 Å². The Bertz CT molecular complexity index is 956. The first kappa shape index (κ1) is 22.4. The molecule has 30 heavy (non-hydrogen) atoms. The molecule has 2 heterocycles. The van der Waals surface area contributed by atoms with Gasteiger partial charge in [0, 0.05) is 37.0 Å². The summed E-state index contributed by atoms with van der Waals surface area (Å²) in [5.41, 5.74) is 0.401. The zero-order chi connectivity index (χ0) is 21.8.